The summed E-state index contributed by atoms with van der Waals surface area (Å²) in [4.78, 5) is 38.1. The van der Waals surface area contributed by atoms with E-state index in [1.165, 1.54) is 44.9 Å². The van der Waals surface area contributed by atoms with E-state index in [9.17, 15) is 19.0 Å². The van der Waals surface area contributed by atoms with Crippen molar-refractivity contribution in [2.24, 2.45) is 0 Å². The highest BCUT2D eigenvalue weighted by Crippen LogP contribution is 2.38. The summed E-state index contributed by atoms with van der Waals surface area (Å²) in [5.41, 5.74) is 0. The number of hydrogen-bond donors (Lipinski definition) is 0. The Balaban J connectivity index is 4.18. The van der Waals surface area contributed by atoms with Crippen molar-refractivity contribution in [2.45, 2.75) is 251 Å². The smallest absolute Gasteiger partial charge is 0.306 e. The summed E-state index contributed by atoms with van der Waals surface area (Å²) < 4.78 is 34.3. The quantitative estimate of drug-likeness (QED) is 0.0195. The molecule has 0 heterocycles. The summed E-state index contributed by atoms with van der Waals surface area (Å²) in [7, 11) is 1.13. The molecule has 0 saturated carbocycles. The molecule has 0 amide bonds. The lowest BCUT2D eigenvalue weighted by Crippen LogP contribution is -2.37. The number of phosphoric acid groups is 1. The van der Waals surface area contributed by atoms with Crippen LogP contribution in [0.15, 0.2) is 182 Å². The highest BCUT2D eigenvalue weighted by Gasteiger charge is 2.22. The summed E-state index contributed by atoms with van der Waals surface area (Å²) in [6.45, 7) is 3.97. The molecule has 2 atom stereocenters. The van der Waals surface area contributed by atoms with E-state index in [1.54, 1.807) is 0 Å². The van der Waals surface area contributed by atoms with E-state index < -0.39 is 32.5 Å². The van der Waals surface area contributed by atoms with Crippen LogP contribution in [0, 0.1) is 0 Å². The second-order valence-electron chi connectivity index (χ2n) is 23.4. The van der Waals surface area contributed by atoms with Crippen LogP contribution < -0.4 is 4.89 Å². The van der Waals surface area contributed by atoms with Gasteiger partial charge in [-0.3, -0.25) is 14.2 Å². The summed E-state index contributed by atoms with van der Waals surface area (Å²) >= 11 is 0. The van der Waals surface area contributed by atoms with Crippen molar-refractivity contribution in [3.63, 3.8) is 0 Å². The lowest BCUT2D eigenvalue weighted by atomic mass is 10.0. The van der Waals surface area contributed by atoms with Gasteiger partial charge in [0, 0.05) is 12.8 Å². The van der Waals surface area contributed by atoms with E-state index in [4.69, 9.17) is 18.5 Å². The largest absolute Gasteiger partial charge is 0.756 e. The summed E-state index contributed by atoms with van der Waals surface area (Å²) in [5.74, 6) is -0.865. The van der Waals surface area contributed by atoms with E-state index in [0.717, 1.165) is 161 Å². The van der Waals surface area contributed by atoms with Crippen LogP contribution in [0.25, 0.3) is 0 Å². The molecule has 0 aromatic heterocycles. The Morgan fingerprint density at radius 1 is 0.352 bits per heavy atom. The standard InChI is InChI=1S/C78H126NO8P/c1-6-8-10-12-14-16-18-20-22-24-26-28-30-32-34-36-38-39-41-42-44-46-48-50-52-54-56-58-60-62-64-66-68-70-77(80)84-74-76(75-86-88(82,83)85-73-72-79(3,4)5)87-78(81)71-69-67-65-63-61-59-57-55-53-51-49-47-45-43-40-37-35-33-31-29-27-25-23-21-19-17-15-13-11-9-7-2/h8-11,14-17,20-23,26-29,32-35,38-40,42-44,47,49,53,55,76H,6-7,12-13,18-19,24-25,30-31,36-37,41,45-46,48,50-52,54,56-75H2,1-5H3/b10-8-,11-9-,16-14-,17-15-,22-20-,23-21-,28-26-,29-27-,34-32-,35-33-,39-38-,43-40-,44-42-,49-47-,55-53-. The molecule has 0 aromatic carbocycles. The number of carbonyl (C=O) groups excluding carboxylic acids is 2. The summed E-state index contributed by atoms with van der Waals surface area (Å²) in [6, 6.07) is 0. The van der Waals surface area contributed by atoms with Gasteiger partial charge in [-0.1, -0.05) is 280 Å². The van der Waals surface area contributed by atoms with Gasteiger partial charge >= 0.3 is 11.9 Å². The predicted octanol–water partition coefficient (Wildman–Crippen LogP) is 22.1. The normalized spacial score (nSPS) is 14.3. The van der Waals surface area contributed by atoms with Crippen LogP contribution in [-0.2, 0) is 32.7 Å². The van der Waals surface area contributed by atoms with E-state index in [1.807, 2.05) is 21.1 Å². The number of unbranched alkanes of at least 4 members (excludes halogenated alkanes) is 17. The second kappa shape index (κ2) is 66.5. The topological polar surface area (TPSA) is 111 Å². The maximum atomic E-state index is 12.9. The molecule has 88 heavy (non-hydrogen) atoms. The van der Waals surface area contributed by atoms with Crippen LogP contribution in [0.2, 0.25) is 0 Å². The van der Waals surface area contributed by atoms with Crippen LogP contribution in [-0.4, -0.2) is 70.0 Å². The minimum atomic E-state index is -4.66. The number of ether oxygens (including phenoxy) is 2. The first-order valence-corrected chi connectivity index (χ1v) is 36.0. The molecule has 0 spiro atoms. The number of allylic oxidation sites excluding steroid dienone is 30. The molecule has 496 valence electrons. The SMILES string of the molecule is CC/C=C\C/C=C\C/C=C\C/C=C\C/C=C\C/C=C\C/C=C\C/C=C\CCCCCCCCC(=O)OC(COC(=O)CCCCCCCCCCCCC/C=C\C/C=C\C/C=C\C/C=C\C/C=C\C/C=C\C/C=C\CC)COP(=O)([O-])OCC[N+](C)(C)C. The van der Waals surface area contributed by atoms with Crippen LogP contribution >= 0.6 is 7.82 Å². The molecule has 0 aliphatic heterocycles. The number of rotatable bonds is 61. The Labute approximate surface area is 540 Å². The molecule has 0 N–H and O–H groups in total. The first-order chi connectivity index (χ1) is 43.0. The monoisotopic (exact) mass is 1240 g/mol. The second-order valence-corrected chi connectivity index (χ2v) is 24.8. The third-order valence-electron chi connectivity index (χ3n) is 13.9. The van der Waals surface area contributed by atoms with Gasteiger partial charge in [0.25, 0.3) is 7.82 Å². The van der Waals surface area contributed by atoms with Gasteiger partial charge in [-0.2, -0.15) is 0 Å². The van der Waals surface area contributed by atoms with Crippen LogP contribution in [0.1, 0.15) is 245 Å². The molecule has 2 unspecified atom stereocenters. The van der Waals surface area contributed by atoms with Gasteiger partial charge in [0.1, 0.15) is 19.8 Å². The van der Waals surface area contributed by atoms with Gasteiger partial charge in [0.15, 0.2) is 6.10 Å². The Morgan fingerprint density at radius 3 is 0.909 bits per heavy atom. The molecule has 0 fully saturated rings. The molecule has 0 radical (unpaired) electrons. The van der Waals surface area contributed by atoms with Gasteiger partial charge in [-0.15, -0.1) is 0 Å². The summed E-state index contributed by atoms with van der Waals surface area (Å²) in [6.07, 6.45) is 102. The molecule has 10 heteroatoms. The fourth-order valence-corrected chi connectivity index (χ4v) is 9.44. The number of quaternary nitrogens is 1. The van der Waals surface area contributed by atoms with Gasteiger partial charge in [-0.05, 0) is 135 Å². The van der Waals surface area contributed by atoms with E-state index in [2.05, 4.69) is 196 Å². The fourth-order valence-electron chi connectivity index (χ4n) is 8.71. The number of hydrogen-bond acceptors (Lipinski definition) is 8. The Bertz CT molecular complexity index is 2140. The zero-order valence-corrected chi connectivity index (χ0v) is 57.2. The van der Waals surface area contributed by atoms with Crippen molar-refractivity contribution >= 4 is 19.8 Å². The van der Waals surface area contributed by atoms with E-state index >= 15 is 0 Å². The summed E-state index contributed by atoms with van der Waals surface area (Å²) in [5, 5.41) is 0. The zero-order valence-electron chi connectivity index (χ0n) is 56.3. The van der Waals surface area contributed by atoms with Gasteiger partial charge in [-0.25, -0.2) is 0 Å². The maximum Gasteiger partial charge on any atom is 0.306 e. The number of likely N-dealkylation sites (N-methyl/N-ethyl adjacent to an activating group) is 1. The number of carbonyl (C=O) groups is 2. The molecule has 0 aliphatic carbocycles. The average molecular weight is 1240 g/mol. The third-order valence-corrected chi connectivity index (χ3v) is 14.9. The average Bonchev–Trinajstić information content (AvgIpc) is 3.68. The first-order valence-electron chi connectivity index (χ1n) is 34.5. The Morgan fingerprint density at radius 2 is 0.614 bits per heavy atom. The molecule has 0 bridgehead atoms. The van der Waals surface area contributed by atoms with Crippen LogP contribution in [0.4, 0.5) is 0 Å². The zero-order chi connectivity index (χ0) is 64.1. The predicted molar refractivity (Wildman–Crippen MR) is 378 cm³/mol. The van der Waals surface area contributed by atoms with Crippen molar-refractivity contribution in [2.75, 3.05) is 47.5 Å². The molecule has 9 nitrogen and oxygen atoms in total. The minimum Gasteiger partial charge on any atom is -0.756 e. The van der Waals surface area contributed by atoms with Gasteiger partial charge < -0.3 is 27.9 Å². The lowest BCUT2D eigenvalue weighted by Gasteiger charge is -2.28. The Kier molecular flexibility index (Phi) is 62.8. The highest BCUT2D eigenvalue weighted by atomic mass is 31.2. The number of phosphoric ester groups is 1. The molecule has 0 aromatic rings. The molecular formula is C78H126NO8P. The van der Waals surface area contributed by atoms with Gasteiger partial charge in [0.2, 0.25) is 0 Å². The van der Waals surface area contributed by atoms with Crippen molar-refractivity contribution in [1.82, 2.24) is 0 Å². The van der Waals surface area contributed by atoms with Crippen molar-refractivity contribution < 1.29 is 42.1 Å². The molecule has 0 saturated heterocycles. The molecule has 0 aliphatic rings. The fraction of sp³-hybridized carbons (Fsp3) is 0.590. The van der Waals surface area contributed by atoms with Crippen molar-refractivity contribution in [3.05, 3.63) is 182 Å². The Hall–Kier alpha value is -4.89. The number of esters is 2. The maximum absolute atomic E-state index is 12.9. The van der Waals surface area contributed by atoms with Crippen LogP contribution in [0.3, 0.4) is 0 Å². The van der Waals surface area contributed by atoms with Crippen molar-refractivity contribution in [1.29, 1.82) is 0 Å². The first kappa shape index (κ1) is 83.1. The highest BCUT2D eigenvalue weighted by molar-refractivity contribution is 7.45. The third kappa shape index (κ3) is 70.2. The molecular weight excluding hydrogens is 1110 g/mol. The molecule has 0 rings (SSSR count). The number of nitrogens with zero attached hydrogens (tertiary/aromatic N) is 1. The van der Waals surface area contributed by atoms with Crippen molar-refractivity contribution in [3.8, 4) is 0 Å². The van der Waals surface area contributed by atoms with Gasteiger partial charge in [0.05, 0.1) is 27.7 Å². The van der Waals surface area contributed by atoms with Crippen LogP contribution in [0.5, 0.6) is 0 Å². The minimum absolute atomic E-state index is 0.0445. The van der Waals surface area contributed by atoms with E-state index in [-0.39, 0.29) is 26.1 Å². The lowest BCUT2D eigenvalue weighted by molar-refractivity contribution is -0.870. The van der Waals surface area contributed by atoms with E-state index in [0.29, 0.717) is 23.9 Å².